The van der Waals surface area contributed by atoms with Gasteiger partial charge in [-0.1, -0.05) is 182 Å². The molecule has 0 aliphatic heterocycles. The van der Waals surface area contributed by atoms with Crippen LogP contribution in [0, 0.1) is 13.8 Å². The number of furan rings is 2. The normalized spacial score (nSPS) is 16.8. The van der Waals surface area contributed by atoms with Crippen molar-refractivity contribution in [2.75, 3.05) is 0 Å². The monoisotopic (exact) mass is 944 g/mol. The van der Waals surface area contributed by atoms with Gasteiger partial charge in [-0.05, 0) is 169 Å². The van der Waals surface area contributed by atoms with E-state index in [0.29, 0.717) is 0 Å². The van der Waals surface area contributed by atoms with Crippen molar-refractivity contribution >= 4 is 43.9 Å². The van der Waals surface area contributed by atoms with Crippen molar-refractivity contribution in [3.8, 4) is 44.5 Å². The van der Waals surface area contributed by atoms with E-state index in [2.05, 4.69) is 221 Å². The van der Waals surface area contributed by atoms with Crippen LogP contribution in [-0.4, -0.2) is 0 Å². The Bertz CT molecular complexity index is 4290. The van der Waals surface area contributed by atoms with E-state index in [1.54, 1.807) is 0 Å². The number of para-hydroxylation sites is 2. The molecule has 1 atom stereocenters. The average Bonchev–Trinajstić information content (AvgIpc) is 4.16. The zero-order valence-electron chi connectivity index (χ0n) is 43.7. The second-order valence-electron chi connectivity index (χ2n) is 24.5. The van der Waals surface area contributed by atoms with E-state index in [-0.39, 0.29) is 27.6 Å². The molecule has 0 amide bonds. The van der Waals surface area contributed by atoms with Crippen LogP contribution in [-0.2, 0) is 34.5 Å². The van der Waals surface area contributed by atoms with Crippen molar-refractivity contribution in [3.63, 3.8) is 0 Å². The van der Waals surface area contributed by atoms with E-state index in [4.69, 9.17) is 8.83 Å². The van der Waals surface area contributed by atoms with Gasteiger partial charge in [0, 0.05) is 48.8 Å². The predicted molar refractivity (Wildman–Crippen MR) is 304 cm³/mol. The van der Waals surface area contributed by atoms with Crippen LogP contribution in [0.3, 0.4) is 0 Å². The molecule has 0 saturated carbocycles. The minimum Gasteiger partial charge on any atom is -0.456 e. The first kappa shape index (κ1) is 43.2. The molecule has 356 valence electrons. The standard InChI is InChI=1S/C71H60O2/c1-38-23-26-43(39(2)31-38)42(32-40-24-27-44-49-36-56-50(37-55(49)69(5,6)53(44)34-40)60-52(68(56,3)4)29-30-59-61(60)47-18-12-15-21-57(47)72-59)33-41-25-28-46-54(35-41)71(9,10)65-62(46)63-48-19-13-16-22-58(48)73-67(63)64-45-17-11-14-20-51(45)70(7,8)66(64)65/h11-31,34-37,42H,32-33H2,1-10H3. The summed E-state index contributed by atoms with van der Waals surface area (Å²) in [5.41, 5.74) is 32.1. The van der Waals surface area contributed by atoms with Gasteiger partial charge in [-0.2, -0.15) is 0 Å². The molecular formula is C71H60O2. The van der Waals surface area contributed by atoms with Crippen molar-refractivity contribution in [3.05, 3.63) is 224 Å². The van der Waals surface area contributed by atoms with E-state index in [1.807, 2.05) is 0 Å². The highest BCUT2D eigenvalue weighted by Gasteiger charge is 2.49. The Morgan fingerprint density at radius 1 is 0.384 bits per heavy atom. The molecule has 2 heteroatoms. The van der Waals surface area contributed by atoms with Crippen LogP contribution in [0.25, 0.3) is 88.4 Å². The lowest BCUT2D eigenvalue weighted by Crippen LogP contribution is -2.24. The largest absolute Gasteiger partial charge is 0.456 e. The van der Waals surface area contributed by atoms with Crippen molar-refractivity contribution in [2.24, 2.45) is 0 Å². The molecule has 1 unspecified atom stereocenters. The highest BCUT2D eigenvalue weighted by atomic mass is 16.3. The fourth-order valence-corrected chi connectivity index (χ4v) is 15.3. The first-order valence-electron chi connectivity index (χ1n) is 26.6. The molecule has 4 aliphatic rings. The van der Waals surface area contributed by atoms with Gasteiger partial charge in [0.05, 0.1) is 0 Å². The summed E-state index contributed by atoms with van der Waals surface area (Å²) < 4.78 is 13.4. The molecule has 2 nitrogen and oxygen atoms in total. The van der Waals surface area contributed by atoms with Gasteiger partial charge in [-0.15, -0.1) is 0 Å². The molecule has 0 spiro atoms. The molecule has 0 bridgehead atoms. The summed E-state index contributed by atoms with van der Waals surface area (Å²) in [5.74, 6) is 0.283. The van der Waals surface area contributed by atoms with Gasteiger partial charge in [-0.25, -0.2) is 0 Å². The Balaban J connectivity index is 0.831. The summed E-state index contributed by atoms with van der Waals surface area (Å²) in [4.78, 5) is 0. The maximum atomic E-state index is 6.97. The van der Waals surface area contributed by atoms with E-state index in [1.165, 1.54) is 138 Å². The maximum absolute atomic E-state index is 6.97. The van der Waals surface area contributed by atoms with E-state index in [0.717, 1.165) is 35.2 Å². The molecule has 0 radical (unpaired) electrons. The Kier molecular flexibility index (Phi) is 8.40. The summed E-state index contributed by atoms with van der Waals surface area (Å²) in [6, 6.07) is 57.9. The van der Waals surface area contributed by atoms with E-state index in [9.17, 15) is 0 Å². The van der Waals surface area contributed by atoms with Crippen LogP contribution in [0.2, 0.25) is 0 Å². The Labute approximate surface area is 428 Å². The second kappa shape index (κ2) is 14.2. The minimum absolute atomic E-state index is 0.143. The summed E-state index contributed by atoms with van der Waals surface area (Å²) in [6.07, 6.45) is 1.90. The van der Waals surface area contributed by atoms with E-state index >= 15 is 0 Å². The molecule has 15 rings (SSSR count). The van der Waals surface area contributed by atoms with Gasteiger partial charge >= 0.3 is 0 Å². The molecule has 0 saturated heterocycles. The lowest BCUT2D eigenvalue weighted by molar-refractivity contribution is 0.598. The highest BCUT2D eigenvalue weighted by Crippen LogP contribution is 2.64. The minimum atomic E-state index is -0.234. The molecule has 2 heterocycles. The Morgan fingerprint density at radius 3 is 1.68 bits per heavy atom. The molecule has 0 fully saturated rings. The maximum Gasteiger partial charge on any atom is 0.144 e. The molecular weight excluding hydrogens is 885 g/mol. The molecule has 0 N–H and O–H groups in total. The number of rotatable bonds is 5. The van der Waals surface area contributed by atoms with Gasteiger partial charge in [0.1, 0.15) is 22.3 Å². The Hall–Kier alpha value is -7.42. The smallest absolute Gasteiger partial charge is 0.144 e. The zero-order chi connectivity index (χ0) is 49.8. The van der Waals surface area contributed by atoms with Gasteiger partial charge < -0.3 is 8.83 Å². The lowest BCUT2D eigenvalue weighted by atomic mass is 9.72. The van der Waals surface area contributed by atoms with E-state index < -0.39 is 0 Å². The van der Waals surface area contributed by atoms with Crippen LogP contribution in [0.4, 0.5) is 0 Å². The number of fused-ring (bicyclic) bond motifs is 22. The van der Waals surface area contributed by atoms with Crippen molar-refractivity contribution in [2.45, 2.75) is 110 Å². The van der Waals surface area contributed by atoms with Gasteiger partial charge in [0.2, 0.25) is 0 Å². The lowest BCUT2D eigenvalue weighted by Gasteiger charge is -2.31. The topological polar surface area (TPSA) is 26.3 Å². The van der Waals surface area contributed by atoms with Gasteiger partial charge in [0.15, 0.2) is 0 Å². The van der Waals surface area contributed by atoms with Crippen LogP contribution in [0.5, 0.6) is 0 Å². The van der Waals surface area contributed by atoms with Crippen molar-refractivity contribution in [1.82, 2.24) is 0 Å². The average molecular weight is 945 g/mol. The van der Waals surface area contributed by atoms with Crippen LogP contribution in [0.1, 0.15) is 134 Å². The van der Waals surface area contributed by atoms with Gasteiger partial charge in [-0.3, -0.25) is 0 Å². The molecule has 9 aromatic carbocycles. The van der Waals surface area contributed by atoms with Crippen LogP contribution in [0.15, 0.2) is 160 Å². The quantitative estimate of drug-likeness (QED) is 0.172. The molecule has 4 aliphatic carbocycles. The number of hydrogen-bond donors (Lipinski definition) is 0. The number of hydrogen-bond acceptors (Lipinski definition) is 2. The van der Waals surface area contributed by atoms with Crippen LogP contribution < -0.4 is 0 Å². The predicted octanol–water partition coefficient (Wildman–Crippen LogP) is 18.9. The third-order valence-electron chi connectivity index (χ3n) is 18.8. The van der Waals surface area contributed by atoms with Crippen molar-refractivity contribution in [1.29, 1.82) is 0 Å². The number of aryl methyl sites for hydroxylation is 2. The first-order valence-corrected chi connectivity index (χ1v) is 26.6. The highest BCUT2D eigenvalue weighted by molar-refractivity contribution is 6.21. The molecule has 11 aromatic rings. The van der Waals surface area contributed by atoms with Crippen molar-refractivity contribution < 1.29 is 8.83 Å². The SMILES string of the molecule is Cc1ccc(C(Cc2ccc3c(c2)C(C)(C)c2cc4c(cc2-3)C(C)(C)c2ccc3oc5ccccc5c3c2-4)Cc2ccc3c(c2)C(C)(C)c2c4c(c5oc6ccccc6c5c2-3)-c2ccccc2C4(C)C)c(C)c1. The fourth-order valence-electron chi connectivity index (χ4n) is 15.3. The summed E-state index contributed by atoms with van der Waals surface area (Å²) in [7, 11) is 0. The fraction of sp³-hybridized carbons (Fsp3) is 0.239. The van der Waals surface area contributed by atoms with Crippen LogP contribution >= 0.6 is 0 Å². The second-order valence-corrected chi connectivity index (χ2v) is 24.5. The summed E-state index contributed by atoms with van der Waals surface area (Å²) in [5, 5.41) is 4.89. The summed E-state index contributed by atoms with van der Waals surface area (Å²) >= 11 is 0. The zero-order valence-corrected chi connectivity index (χ0v) is 43.7. The third kappa shape index (κ3) is 5.54. The van der Waals surface area contributed by atoms with Gasteiger partial charge in [0.25, 0.3) is 0 Å². The summed E-state index contributed by atoms with van der Waals surface area (Å²) in [6.45, 7) is 24.1. The Morgan fingerprint density at radius 2 is 0.945 bits per heavy atom. The molecule has 73 heavy (non-hydrogen) atoms. The number of benzene rings is 9. The molecule has 2 aromatic heterocycles. The first-order chi connectivity index (χ1) is 35.0. The third-order valence-corrected chi connectivity index (χ3v) is 18.8.